The number of carbonyl (C=O) groups is 1. The Kier molecular flexibility index (Phi) is 4.60. The van der Waals surface area contributed by atoms with E-state index < -0.39 is 0 Å². The molecular weight excluding hydrogens is 256 g/mol. The van der Waals surface area contributed by atoms with E-state index >= 15 is 0 Å². The van der Waals surface area contributed by atoms with E-state index in [9.17, 15) is 4.79 Å². The van der Waals surface area contributed by atoms with Crippen LogP contribution in [0.5, 0.6) is 5.75 Å². The zero-order chi connectivity index (χ0) is 14.4. The van der Waals surface area contributed by atoms with Crippen molar-refractivity contribution in [2.75, 3.05) is 12.3 Å². The first-order chi connectivity index (χ1) is 9.65. The Hall–Kier alpha value is -2.50. The Labute approximate surface area is 117 Å². The number of nitrogens with zero attached hydrogens (tertiary/aromatic N) is 1. The largest absolute Gasteiger partial charge is 0.493 e. The van der Waals surface area contributed by atoms with E-state index in [-0.39, 0.29) is 11.9 Å². The number of aromatic amines is 1. The predicted molar refractivity (Wildman–Crippen MR) is 76.1 cm³/mol. The van der Waals surface area contributed by atoms with Crippen LogP contribution in [0.3, 0.4) is 0 Å². The van der Waals surface area contributed by atoms with Crippen molar-refractivity contribution in [3.63, 3.8) is 0 Å². The number of nitrogen functional groups attached to an aromatic ring is 1. The second kappa shape index (κ2) is 6.60. The van der Waals surface area contributed by atoms with Gasteiger partial charge in [0.1, 0.15) is 5.75 Å². The number of anilines is 1. The second-order valence-corrected chi connectivity index (χ2v) is 4.49. The van der Waals surface area contributed by atoms with Gasteiger partial charge in [-0.3, -0.25) is 9.89 Å². The molecule has 1 aromatic heterocycles. The van der Waals surface area contributed by atoms with Crippen molar-refractivity contribution in [1.29, 1.82) is 0 Å². The Morgan fingerprint density at radius 2 is 2.20 bits per heavy atom. The summed E-state index contributed by atoms with van der Waals surface area (Å²) in [5.41, 5.74) is 7.20. The molecule has 0 aliphatic rings. The van der Waals surface area contributed by atoms with Crippen molar-refractivity contribution < 1.29 is 9.53 Å². The van der Waals surface area contributed by atoms with Gasteiger partial charge in [-0.05, 0) is 31.2 Å². The summed E-state index contributed by atoms with van der Waals surface area (Å²) in [6.45, 7) is 2.23. The minimum atomic E-state index is -0.0715. The molecule has 4 N–H and O–H groups in total. The molecular formula is C14H18N4O2. The lowest BCUT2D eigenvalue weighted by atomic mass is 10.2. The van der Waals surface area contributed by atoms with Gasteiger partial charge in [0.15, 0.2) is 0 Å². The number of hydrogen-bond donors (Lipinski definition) is 3. The van der Waals surface area contributed by atoms with Crippen LogP contribution in [-0.4, -0.2) is 22.7 Å². The first-order valence-corrected chi connectivity index (χ1v) is 6.41. The number of rotatable bonds is 6. The predicted octanol–water partition coefficient (Wildman–Crippen LogP) is 1.64. The highest BCUT2D eigenvalue weighted by Gasteiger charge is 2.10. The van der Waals surface area contributed by atoms with Gasteiger partial charge in [0.25, 0.3) is 0 Å². The van der Waals surface area contributed by atoms with Gasteiger partial charge in [0.2, 0.25) is 5.91 Å². The molecule has 0 aliphatic carbocycles. The molecule has 2 aromatic rings. The maximum Gasteiger partial charge on any atom is 0.223 e. The lowest BCUT2D eigenvalue weighted by Crippen LogP contribution is -2.27. The van der Waals surface area contributed by atoms with Crippen LogP contribution in [-0.2, 0) is 4.79 Å². The highest BCUT2D eigenvalue weighted by molar-refractivity contribution is 5.76. The maximum absolute atomic E-state index is 11.8. The molecule has 0 aliphatic heterocycles. The summed E-state index contributed by atoms with van der Waals surface area (Å²) in [5, 5.41) is 9.44. The molecule has 1 unspecified atom stereocenters. The van der Waals surface area contributed by atoms with E-state index in [1.165, 1.54) is 0 Å². The van der Waals surface area contributed by atoms with E-state index in [2.05, 4.69) is 15.5 Å². The first-order valence-electron chi connectivity index (χ1n) is 6.41. The fourth-order valence-corrected chi connectivity index (χ4v) is 1.72. The molecule has 0 spiro atoms. The number of amides is 1. The van der Waals surface area contributed by atoms with Gasteiger partial charge in [-0.2, -0.15) is 5.10 Å². The van der Waals surface area contributed by atoms with Gasteiger partial charge in [-0.25, -0.2) is 0 Å². The molecule has 106 valence electrons. The van der Waals surface area contributed by atoms with Crippen LogP contribution in [0, 0.1) is 0 Å². The highest BCUT2D eigenvalue weighted by Crippen LogP contribution is 2.13. The number of ether oxygens (including phenoxy) is 1. The Balaban J connectivity index is 1.71. The summed E-state index contributed by atoms with van der Waals surface area (Å²) < 4.78 is 5.47. The monoisotopic (exact) mass is 274 g/mol. The van der Waals surface area contributed by atoms with Crippen molar-refractivity contribution in [3.05, 3.63) is 42.2 Å². The quantitative estimate of drug-likeness (QED) is 0.698. The molecule has 2 rings (SSSR count). The average molecular weight is 274 g/mol. The summed E-state index contributed by atoms with van der Waals surface area (Å²) >= 11 is 0. The molecule has 0 saturated heterocycles. The third kappa shape index (κ3) is 4.01. The Morgan fingerprint density at radius 1 is 1.45 bits per heavy atom. The first kappa shape index (κ1) is 13.9. The number of H-pyrrole nitrogens is 1. The summed E-state index contributed by atoms with van der Waals surface area (Å²) in [6.07, 6.45) is 3.75. The zero-order valence-electron chi connectivity index (χ0n) is 11.3. The molecule has 0 radical (unpaired) electrons. The number of nitrogens with one attached hydrogen (secondary N) is 2. The number of aromatic nitrogens is 2. The SMILES string of the molecule is CC(NC(=O)CCOc1ccc(N)cc1)c1cn[nH]c1. The lowest BCUT2D eigenvalue weighted by Gasteiger charge is -2.12. The fourth-order valence-electron chi connectivity index (χ4n) is 1.72. The third-order valence-electron chi connectivity index (χ3n) is 2.87. The van der Waals surface area contributed by atoms with E-state index in [0.717, 1.165) is 5.56 Å². The highest BCUT2D eigenvalue weighted by atomic mass is 16.5. The molecule has 1 heterocycles. The minimum Gasteiger partial charge on any atom is -0.493 e. The third-order valence-corrected chi connectivity index (χ3v) is 2.87. The zero-order valence-corrected chi connectivity index (χ0v) is 11.3. The van der Waals surface area contributed by atoms with Crippen LogP contribution in [0.1, 0.15) is 24.9 Å². The number of nitrogens with two attached hydrogens (primary N) is 1. The van der Waals surface area contributed by atoms with Crippen LogP contribution < -0.4 is 15.8 Å². The molecule has 6 heteroatoms. The van der Waals surface area contributed by atoms with Gasteiger partial charge in [-0.15, -0.1) is 0 Å². The van der Waals surface area contributed by atoms with Crippen molar-refractivity contribution in [2.24, 2.45) is 0 Å². The van der Waals surface area contributed by atoms with Crippen molar-refractivity contribution in [1.82, 2.24) is 15.5 Å². The van der Waals surface area contributed by atoms with Crippen LogP contribution in [0.4, 0.5) is 5.69 Å². The smallest absolute Gasteiger partial charge is 0.223 e. The fraction of sp³-hybridized carbons (Fsp3) is 0.286. The standard InChI is InChI=1S/C14H18N4O2/c1-10(11-8-16-17-9-11)18-14(19)6-7-20-13-4-2-12(15)3-5-13/h2-5,8-10H,6-7,15H2,1H3,(H,16,17)(H,18,19). The molecule has 1 atom stereocenters. The van der Waals surface area contributed by atoms with Crippen molar-refractivity contribution in [2.45, 2.75) is 19.4 Å². The minimum absolute atomic E-state index is 0.0610. The van der Waals surface area contributed by atoms with Gasteiger partial charge in [0.05, 0.1) is 25.3 Å². The van der Waals surface area contributed by atoms with Crippen molar-refractivity contribution >= 4 is 11.6 Å². The molecule has 0 fully saturated rings. The Bertz CT molecular complexity index is 537. The van der Waals surface area contributed by atoms with Gasteiger partial charge < -0.3 is 15.8 Å². The normalized spacial score (nSPS) is 11.8. The number of benzene rings is 1. The molecule has 6 nitrogen and oxygen atoms in total. The Morgan fingerprint density at radius 3 is 2.85 bits per heavy atom. The average Bonchev–Trinajstić information content (AvgIpc) is 2.95. The lowest BCUT2D eigenvalue weighted by molar-refractivity contribution is -0.122. The van der Waals surface area contributed by atoms with Gasteiger partial charge in [0, 0.05) is 17.4 Å². The number of carbonyl (C=O) groups excluding carboxylic acids is 1. The summed E-state index contributed by atoms with van der Waals surface area (Å²) in [6, 6.07) is 7.01. The van der Waals surface area contributed by atoms with Crippen LogP contribution in [0.2, 0.25) is 0 Å². The van der Waals surface area contributed by atoms with Crippen molar-refractivity contribution in [3.8, 4) is 5.75 Å². The van der Waals surface area contributed by atoms with E-state index in [1.807, 2.05) is 6.92 Å². The van der Waals surface area contributed by atoms with Crippen LogP contribution in [0.25, 0.3) is 0 Å². The van der Waals surface area contributed by atoms with Gasteiger partial charge >= 0.3 is 0 Å². The van der Waals surface area contributed by atoms with Gasteiger partial charge in [-0.1, -0.05) is 0 Å². The maximum atomic E-state index is 11.8. The van der Waals surface area contributed by atoms with E-state index in [0.29, 0.717) is 24.5 Å². The number of hydrogen-bond acceptors (Lipinski definition) is 4. The summed E-state index contributed by atoms with van der Waals surface area (Å²) in [7, 11) is 0. The molecule has 0 saturated carbocycles. The molecule has 20 heavy (non-hydrogen) atoms. The van der Waals surface area contributed by atoms with Crippen LogP contribution in [0.15, 0.2) is 36.7 Å². The summed E-state index contributed by atoms with van der Waals surface area (Å²) in [4.78, 5) is 11.8. The topological polar surface area (TPSA) is 93.0 Å². The van der Waals surface area contributed by atoms with Crippen LogP contribution >= 0.6 is 0 Å². The molecule has 1 amide bonds. The van der Waals surface area contributed by atoms with E-state index in [1.54, 1.807) is 36.7 Å². The molecule has 0 bridgehead atoms. The van der Waals surface area contributed by atoms with E-state index in [4.69, 9.17) is 10.5 Å². The second-order valence-electron chi connectivity index (χ2n) is 4.49. The molecule has 1 aromatic carbocycles. The summed E-state index contributed by atoms with van der Waals surface area (Å²) in [5.74, 6) is 0.643.